The Balaban J connectivity index is 1.94. The van der Waals surface area contributed by atoms with E-state index in [9.17, 15) is 0 Å². The van der Waals surface area contributed by atoms with E-state index >= 15 is 0 Å². The second-order valence-electron chi connectivity index (χ2n) is 8.80. The van der Waals surface area contributed by atoms with Gasteiger partial charge in [0.25, 0.3) is 0 Å². The van der Waals surface area contributed by atoms with Crippen LogP contribution in [0.4, 0.5) is 0 Å². The molecule has 0 bridgehead atoms. The molecule has 0 saturated heterocycles. The van der Waals surface area contributed by atoms with Crippen molar-refractivity contribution in [2.24, 2.45) is 0 Å². The first kappa shape index (κ1) is 21.2. The van der Waals surface area contributed by atoms with Gasteiger partial charge in [0, 0.05) is 0 Å². The van der Waals surface area contributed by atoms with Crippen LogP contribution in [0.1, 0.15) is 58.2 Å². The standard InChI is InChI=1S/C25H25O.2ClH.Zr/c1-16-13-19-14-20(22-11-12-23(26-22)25(3,4)5)15-21(19)24(17(16)2)18-9-7-6-8-10-18;;;/h6-15H,1-5H3;2*1H;/q;;;+2/p-2. The molecule has 1 heterocycles. The molecular formula is C25H25Cl2OZr. The molecule has 1 nitrogen and oxygen atoms in total. The van der Waals surface area contributed by atoms with Gasteiger partial charge < -0.3 is 0 Å². The first-order valence-corrected chi connectivity index (χ1v) is 17.6. The van der Waals surface area contributed by atoms with Crippen LogP contribution >= 0.6 is 17.0 Å². The number of benzene rings is 2. The molecule has 29 heavy (non-hydrogen) atoms. The van der Waals surface area contributed by atoms with Crippen LogP contribution in [-0.2, 0) is 24.8 Å². The molecule has 149 valence electrons. The molecule has 0 fully saturated rings. The number of rotatable bonds is 3. The van der Waals surface area contributed by atoms with Crippen LogP contribution in [0.25, 0.3) is 22.8 Å². The summed E-state index contributed by atoms with van der Waals surface area (Å²) in [6.45, 7) is 10.9. The Morgan fingerprint density at radius 3 is 2.24 bits per heavy atom. The topological polar surface area (TPSA) is 13.1 Å². The van der Waals surface area contributed by atoms with Gasteiger partial charge in [0.1, 0.15) is 0 Å². The molecule has 0 amide bonds. The number of fused-ring (bicyclic) bond motifs is 1. The Morgan fingerprint density at radius 2 is 1.66 bits per heavy atom. The molecule has 1 aliphatic rings. The van der Waals surface area contributed by atoms with Gasteiger partial charge in [-0.3, -0.25) is 0 Å². The molecule has 0 radical (unpaired) electrons. The Kier molecular flexibility index (Phi) is 5.75. The Hall–Kier alpha value is -1.08. The number of aryl methyl sites for hydroxylation is 1. The number of hydrogen-bond donors (Lipinski definition) is 0. The van der Waals surface area contributed by atoms with E-state index in [1.807, 2.05) is 0 Å². The predicted octanol–water partition coefficient (Wildman–Crippen LogP) is 8.38. The molecule has 2 aromatic carbocycles. The fourth-order valence-corrected chi connectivity index (χ4v) is 9.16. The van der Waals surface area contributed by atoms with Crippen molar-refractivity contribution in [2.75, 3.05) is 0 Å². The van der Waals surface area contributed by atoms with Crippen LogP contribution in [0.2, 0.25) is 0 Å². The van der Waals surface area contributed by atoms with E-state index in [1.165, 1.54) is 33.4 Å². The van der Waals surface area contributed by atoms with Gasteiger partial charge in [0.05, 0.1) is 0 Å². The van der Waals surface area contributed by atoms with Gasteiger partial charge in [-0.2, -0.15) is 0 Å². The van der Waals surface area contributed by atoms with E-state index < -0.39 is 19.4 Å². The van der Waals surface area contributed by atoms with E-state index in [1.54, 1.807) is 0 Å². The molecule has 4 heteroatoms. The van der Waals surface area contributed by atoms with Gasteiger partial charge >= 0.3 is 190 Å². The average molecular weight is 504 g/mol. The van der Waals surface area contributed by atoms with E-state index in [0.717, 1.165) is 17.1 Å². The first-order valence-electron chi connectivity index (χ1n) is 9.88. The summed E-state index contributed by atoms with van der Waals surface area (Å²) in [5.41, 5.74) is 8.68. The minimum atomic E-state index is -2.68. The van der Waals surface area contributed by atoms with Gasteiger partial charge in [-0.1, -0.05) is 0 Å². The summed E-state index contributed by atoms with van der Waals surface area (Å²) in [5, 5.41) is 0. The SMILES string of the molecule is Cc1cc2c(c(-c3ccccc3)c1C)C=C(c1ccc(C(C)(C)C)o1)[CH]2[Zr]([Cl])[Cl]. The molecule has 1 aromatic heterocycles. The van der Waals surface area contributed by atoms with Crippen LogP contribution in [0, 0.1) is 13.8 Å². The quantitative estimate of drug-likeness (QED) is 0.350. The van der Waals surface area contributed by atoms with Gasteiger partial charge in [0.2, 0.25) is 0 Å². The number of halogens is 2. The average Bonchev–Trinajstić information content (AvgIpc) is 3.28. The molecule has 1 atom stereocenters. The maximum atomic E-state index is 6.72. The van der Waals surface area contributed by atoms with E-state index in [0.29, 0.717) is 0 Å². The van der Waals surface area contributed by atoms with E-state index in [-0.39, 0.29) is 9.04 Å². The molecule has 4 rings (SSSR count). The molecule has 3 aromatic rings. The van der Waals surface area contributed by atoms with Gasteiger partial charge in [0.15, 0.2) is 0 Å². The molecular weight excluding hydrogens is 478 g/mol. The van der Waals surface area contributed by atoms with Crippen molar-refractivity contribution in [2.45, 2.75) is 43.7 Å². The normalized spacial score (nSPS) is 16.0. The zero-order chi connectivity index (χ0) is 20.9. The van der Waals surface area contributed by atoms with Gasteiger partial charge in [-0.25, -0.2) is 0 Å². The fourth-order valence-electron chi connectivity index (χ4n) is 4.08. The maximum absolute atomic E-state index is 6.72. The van der Waals surface area contributed by atoms with Crippen LogP contribution < -0.4 is 0 Å². The van der Waals surface area contributed by atoms with Crippen LogP contribution in [0.5, 0.6) is 0 Å². The van der Waals surface area contributed by atoms with Crippen molar-refractivity contribution in [1.82, 2.24) is 0 Å². The summed E-state index contributed by atoms with van der Waals surface area (Å²) in [6.07, 6.45) is 2.27. The monoisotopic (exact) mass is 501 g/mol. The van der Waals surface area contributed by atoms with Crippen LogP contribution in [0.3, 0.4) is 0 Å². The zero-order valence-electron chi connectivity index (χ0n) is 17.4. The van der Waals surface area contributed by atoms with Crippen LogP contribution in [0.15, 0.2) is 52.9 Å². The second kappa shape index (κ2) is 7.88. The Labute approximate surface area is 188 Å². The number of furan rings is 1. The van der Waals surface area contributed by atoms with Gasteiger partial charge in [-0.15, -0.1) is 0 Å². The summed E-state index contributed by atoms with van der Waals surface area (Å²) < 4.78 is 6.38. The molecule has 0 N–H and O–H groups in total. The molecule has 0 spiro atoms. The predicted molar refractivity (Wildman–Crippen MR) is 121 cm³/mol. The van der Waals surface area contributed by atoms with Crippen molar-refractivity contribution < 1.29 is 23.8 Å². The van der Waals surface area contributed by atoms with Crippen molar-refractivity contribution in [3.63, 3.8) is 0 Å². The third-order valence-electron chi connectivity index (χ3n) is 5.75. The van der Waals surface area contributed by atoms with Crippen molar-refractivity contribution in [1.29, 1.82) is 0 Å². The molecule has 0 aliphatic heterocycles. The summed E-state index contributed by atoms with van der Waals surface area (Å²) in [5.74, 6) is 1.87. The van der Waals surface area contributed by atoms with E-state index in [4.69, 9.17) is 21.4 Å². The van der Waals surface area contributed by atoms with Crippen LogP contribution in [-0.4, -0.2) is 0 Å². The first-order chi connectivity index (χ1) is 13.7. The molecule has 1 unspecified atom stereocenters. The van der Waals surface area contributed by atoms with Gasteiger partial charge in [-0.05, 0) is 0 Å². The summed E-state index contributed by atoms with van der Waals surface area (Å²) in [4.78, 5) is 0. The number of hydrogen-bond acceptors (Lipinski definition) is 1. The summed E-state index contributed by atoms with van der Waals surface area (Å²) >= 11 is -2.68. The summed E-state index contributed by atoms with van der Waals surface area (Å²) in [6, 6.07) is 17.0. The minimum absolute atomic E-state index is 0.0361. The second-order valence-corrected chi connectivity index (χ2v) is 17.6. The van der Waals surface area contributed by atoms with Crippen molar-refractivity contribution in [3.05, 3.63) is 82.3 Å². The fraction of sp³-hybridized carbons (Fsp3) is 0.280. The van der Waals surface area contributed by atoms with Crippen molar-refractivity contribution in [3.8, 4) is 11.1 Å². The number of allylic oxidation sites excluding steroid dienone is 1. The Morgan fingerprint density at radius 1 is 0.966 bits per heavy atom. The third kappa shape index (κ3) is 3.85. The Bertz CT molecular complexity index is 1090. The third-order valence-corrected chi connectivity index (χ3v) is 10.9. The van der Waals surface area contributed by atoms with Crippen molar-refractivity contribution >= 4 is 28.7 Å². The van der Waals surface area contributed by atoms with E-state index in [2.05, 4.69) is 89.2 Å². The molecule has 0 saturated carbocycles. The molecule has 1 aliphatic carbocycles. The zero-order valence-corrected chi connectivity index (χ0v) is 21.4. The summed E-state index contributed by atoms with van der Waals surface area (Å²) in [7, 11) is 13.4.